The van der Waals surface area contributed by atoms with E-state index in [9.17, 15) is 8.42 Å². The lowest BCUT2D eigenvalue weighted by atomic mass is 9.69. The van der Waals surface area contributed by atoms with Crippen LogP contribution < -0.4 is 4.72 Å². The molecule has 1 aliphatic heterocycles. The van der Waals surface area contributed by atoms with Gasteiger partial charge in [-0.3, -0.25) is 0 Å². The molecule has 2 saturated carbocycles. The maximum Gasteiger partial charge on any atom is 0.212 e. The second kappa shape index (κ2) is 2.73. The van der Waals surface area contributed by atoms with Crippen LogP contribution in [0.5, 0.6) is 0 Å². The minimum absolute atomic E-state index is 0.113. The summed E-state index contributed by atoms with van der Waals surface area (Å²) in [4.78, 5) is 0. The highest BCUT2D eigenvalue weighted by Crippen LogP contribution is 2.73. The Morgan fingerprint density at radius 2 is 1.94 bits per heavy atom. The van der Waals surface area contributed by atoms with Gasteiger partial charge in [-0.25, -0.2) is 13.1 Å². The van der Waals surface area contributed by atoms with Crippen molar-refractivity contribution in [3.05, 3.63) is 0 Å². The summed E-state index contributed by atoms with van der Waals surface area (Å²) in [6, 6.07) is -0.318. The molecule has 3 rings (SSSR count). The van der Waals surface area contributed by atoms with Crippen LogP contribution in [0.3, 0.4) is 0 Å². The minimum atomic E-state index is -3.21. The molecule has 3 fully saturated rings. The van der Waals surface area contributed by atoms with E-state index in [2.05, 4.69) is 18.6 Å². The first-order chi connectivity index (χ1) is 7.14. The van der Waals surface area contributed by atoms with Crippen LogP contribution in [-0.4, -0.2) is 24.5 Å². The zero-order valence-electron chi connectivity index (χ0n) is 9.26. The highest BCUT2D eigenvalue weighted by atomic mass is 35.5. The standard InChI is InChI=1S/C10H15Cl2NO2S/c1-8(2)6-3-4-9(8)5-16(14,15)13-7(9)10(6,11)12/h6-7,13H,3-5H2,1-2H3/t6-,7-,9-/m1/s1. The topological polar surface area (TPSA) is 46.2 Å². The summed E-state index contributed by atoms with van der Waals surface area (Å²) in [6.45, 7) is 4.21. The van der Waals surface area contributed by atoms with Gasteiger partial charge in [-0.15, -0.1) is 0 Å². The summed E-state index contributed by atoms with van der Waals surface area (Å²) in [5.41, 5.74) is -0.391. The third kappa shape index (κ3) is 1.03. The predicted octanol–water partition coefficient (Wildman–Crippen LogP) is 1.90. The van der Waals surface area contributed by atoms with Crippen LogP contribution >= 0.6 is 23.2 Å². The molecule has 0 aromatic heterocycles. The molecule has 0 radical (unpaired) electrons. The number of halogens is 2. The van der Waals surface area contributed by atoms with Crippen LogP contribution in [0.2, 0.25) is 0 Å². The van der Waals surface area contributed by atoms with E-state index in [4.69, 9.17) is 23.2 Å². The Morgan fingerprint density at radius 1 is 1.31 bits per heavy atom. The zero-order valence-corrected chi connectivity index (χ0v) is 11.6. The molecule has 2 aliphatic carbocycles. The molecule has 2 bridgehead atoms. The smallest absolute Gasteiger partial charge is 0.212 e. The fourth-order valence-electron chi connectivity index (χ4n) is 4.28. The van der Waals surface area contributed by atoms with Gasteiger partial charge in [-0.05, 0) is 24.2 Å². The van der Waals surface area contributed by atoms with Gasteiger partial charge in [0.15, 0.2) is 0 Å². The molecule has 3 aliphatic rings. The fourth-order valence-corrected chi connectivity index (χ4v) is 7.92. The third-order valence-corrected chi connectivity index (χ3v) is 7.63. The number of hydrogen-bond acceptors (Lipinski definition) is 2. The Bertz CT molecular complexity index is 459. The van der Waals surface area contributed by atoms with Gasteiger partial charge >= 0.3 is 0 Å². The van der Waals surface area contributed by atoms with E-state index in [0.29, 0.717) is 0 Å². The van der Waals surface area contributed by atoms with Crippen LogP contribution in [0, 0.1) is 16.7 Å². The van der Waals surface area contributed by atoms with Crippen LogP contribution in [0.15, 0.2) is 0 Å². The van der Waals surface area contributed by atoms with Gasteiger partial charge in [-0.1, -0.05) is 37.0 Å². The lowest BCUT2D eigenvalue weighted by Crippen LogP contribution is -2.48. The van der Waals surface area contributed by atoms with E-state index < -0.39 is 14.4 Å². The molecular formula is C10H15Cl2NO2S. The largest absolute Gasteiger partial charge is 0.212 e. The minimum Gasteiger partial charge on any atom is -0.212 e. The van der Waals surface area contributed by atoms with Crippen LogP contribution in [-0.2, 0) is 10.0 Å². The van der Waals surface area contributed by atoms with Gasteiger partial charge < -0.3 is 0 Å². The molecule has 0 aromatic carbocycles. The van der Waals surface area contributed by atoms with Crippen molar-refractivity contribution in [2.24, 2.45) is 16.7 Å². The van der Waals surface area contributed by atoms with E-state index in [-0.39, 0.29) is 28.5 Å². The summed E-state index contributed by atoms with van der Waals surface area (Å²) >= 11 is 12.8. The Morgan fingerprint density at radius 3 is 2.50 bits per heavy atom. The number of fused-ring (bicyclic) bond motifs is 1. The molecule has 3 nitrogen and oxygen atoms in total. The third-order valence-electron chi connectivity index (χ3n) is 5.18. The number of nitrogens with one attached hydrogen (secondary N) is 1. The summed E-state index contributed by atoms with van der Waals surface area (Å²) in [6.07, 6.45) is 1.83. The quantitative estimate of drug-likeness (QED) is 0.691. The van der Waals surface area contributed by atoms with Crippen molar-refractivity contribution in [2.75, 3.05) is 5.75 Å². The first kappa shape index (κ1) is 11.6. The average Bonchev–Trinajstić information content (AvgIpc) is 2.53. The summed E-state index contributed by atoms with van der Waals surface area (Å²) < 4.78 is 25.3. The summed E-state index contributed by atoms with van der Waals surface area (Å²) in [5, 5.41) is 0. The molecule has 0 aromatic rings. The van der Waals surface area contributed by atoms with Crippen molar-refractivity contribution in [3.63, 3.8) is 0 Å². The Labute approximate surface area is 106 Å². The lowest BCUT2D eigenvalue weighted by molar-refractivity contribution is 0.146. The van der Waals surface area contributed by atoms with Crippen molar-refractivity contribution in [3.8, 4) is 0 Å². The van der Waals surface area contributed by atoms with Gasteiger partial charge in [0.05, 0.1) is 11.8 Å². The zero-order chi connectivity index (χ0) is 12.0. The van der Waals surface area contributed by atoms with Crippen LogP contribution in [0.25, 0.3) is 0 Å². The van der Waals surface area contributed by atoms with Crippen molar-refractivity contribution in [1.82, 2.24) is 4.72 Å². The number of hydrogen-bond donors (Lipinski definition) is 1. The highest BCUT2D eigenvalue weighted by Gasteiger charge is 2.77. The molecular weight excluding hydrogens is 269 g/mol. The molecule has 3 atom stereocenters. The van der Waals surface area contributed by atoms with Crippen molar-refractivity contribution < 1.29 is 8.42 Å². The predicted molar refractivity (Wildman–Crippen MR) is 64.1 cm³/mol. The van der Waals surface area contributed by atoms with Crippen molar-refractivity contribution in [2.45, 2.75) is 37.1 Å². The summed E-state index contributed by atoms with van der Waals surface area (Å²) in [5.74, 6) is 0.353. The van der Waals surface area contributed by atoms with E-state index in [1.165, 1.54) is 0 Å². The molecule has 16 heavy (non-hydrogen) atoms. The second-order valence-electron chi connectivity index (χ2n) is 5.95. The highest BCUT2D eigenvalue weighted by molar-refractivity contribution is 7.89. The van der Waals surface area contributed by atoms with Crippen molar-refractivity contribution in [1.29, 1.82) is 0 Å². The molecule has 6 heteroatoms. The van der Waals surface area contributed by atoms with Gasteiger partial charge in [0.2, 0.25) is 10.0 Å². The molecule has 0 unspecified atom stereocenters. The fraction of sp³-hybridized carbons (Fsp3) is 1.00. The van der Waals surface area contributed by atoms with Crippen LogP contribution in [0.1, 0.15) is 26.7 Å². The SMILES string of the molecule is CC1(C)[C@H]2CC[C@]13CS(=O)(=O)N[C@H]3C2(Cl)Cl. The number of alkyl halides is 2. The molecule has 0 amide bonds. The number of rotatable bonds is 0. The second-order valence-corrected chi connectivity index (χ2v) is 9.15. The average molecular weight is 284 g/mol. The lowest BCUT2D eigenvalue weighted by Gasteiger charge is -2.36. The number of sulfonamides is 1. The maximum atomic E-state index is 11.8. The first-order valence-electron chi connectivity index (χ1n) is 5.51. The van der Waals surface area contributed by atoms with Gasteiger partial charge in [0, 0.05) is 5.41 Å². The van der Waals surface area contributed by atoms with Crippen molar-refractivity contribution >= 4 is 33.2 Å². The van der Waals surface area contributed by atoms with Gasteiger partial charge in [0.25, 0.3) is 0 Å². The monoisotopic (exact) mass is 283 g/mol. The summed E-state index contributed by atoms with van der Waals surface area (Å²) in [7, 11) is -3.21. The Balaban J connectivity index is 2.21. The first-order valence-corrected chi connectivity index (χ1v) is 7.92. The molecule has 1 spiro atoms. The Kier molecular flexibility index (Phi) is 1.98. The normalized spacial score (nSPS) is 50.5. The Hall–Kier alpha value is 0.490. The van der Waals surface area contributed by atoms with E-state index in [0.717, 1.165) is 12.8 Å². The van der Waals surface area contributed by atoms with Crippen LogP contribution in [0.4, 0.5) is 0 Å². The molecule has 1 N–H and O–H groups in total. The molecule has 1 heterocycles. The molecule has 1 saturated heterocycles. The molecule has 92 valence electrons. The maximum absolute atomic E-state index is 11.8. The van der Waals surface area contributed by atoms with Gasteiger partial charge in [-0.2, -0.15) is 0 Å². The van der Waals surface area contributed by atoms with E-state index >= 15 is 0 Å². The van der Waals surface area contributed by atoms with Gasteiger partial charge in [0.1, 0.15) is 4.33 Å². The van der Waals surface area contributed by atoms with E-state index in [1.807, 2.05) is 0 Å². The van der Waals surface area contributed by atoms with E-state index in [1.54, 1.807) is 0 Å².